The quantitative estimate of drug-likeness (QED) is 0.375. The molecule has 0 spiro atoms. The number of nitrogen functional groups attached to an aromatic ring is 1. The standard InChI is InChI=1S/C24H23F2N7O2.C2H6/c1-4-5-15-21-28-10-11-33(21)12-16(29-15)19-30-18(27)17-20(31-19)32-22(34)23(17,2)13-6-8-14(9-7-13)35-24(3,25)26;1-2/h6-12H,4-5H2,1-3H3,(H3,27,30,31,32,34);1-2H3. The van der Waals surface area contributed by atoms with Crippen LogP contribution in [0, 0.1) is 0 Å². The molecule has 4 aromatic rings. The van der Waals surface area contributed by atoms with Crippen molar-refractivity contribution in [1.29, 1.82) is 0 Å². The number of amides is 1. The minimum atomic E-state index is -3.32. The molecule has 0 radical (unpaired) electrons. The maximum Gasteiger partial charge on any atom is 0.394 e. The van der Waals surface area contributed by atoms with Crippen molar-refractivity contribution in [2.24, 2.45) is 0 Å². The number of nitrogens with one attached hydrogen (secondary N) is 1. The van der Waals surface area contributed by atoms with Crippen molar-refractivity contribution in [3.05, 3.63) is 59.7 Å². The minimum Gasteiger partial charge on any atom is -0.433 e. The van der Waals surface area contributed by atoms with Gasteiger partial charge in [-0.25, -0.2) is 19.9 Å². The maximum atomic E-state index is 13.2. The number of hydrogen-bond donors (Lipinski definition) is 2. The highest BCUT2D eigenvalue weighted by molar-refractivity contribution is 6.09. The van der Waals surface area contributed by atoms with Gasteiger partial charge < -0.3 is 20.2 Å². The molecule has 3 N–H and O–H groups in total. The summed E-state index contributed by atoms with van der Waals surface area (Å²) in [6, 6.07) is 5.87. The van der Waals surface area contributed by atoms with Gasteiger partial charge in [0.25, 0.3) is 0 Å². The fourth-order valence-corrected chi connectivity index (χ4v) is 4.37. The number of nitrogens with two attached hydrogens (primary N) is 1. The summed E-state index contributed by atoms with van der Waals surface area (Å²) in [6.45, 7) is 8.40. The summed E-state index contributed by atoms with van der Waals surface area (Å²) in [7, 11) is 0. The van der Waals surface area contributed by atoms with Crippen LogP contribution < -0.4 is 15.8 Å². The molecule has 1 aliphatic heterocycles. The summed E-state index contributed by atoms with van der Waals surface area (Å²) in [5.74, 6) is 0.297. The highest BCUT2D eigenvalue weighted by Gasteiger charge is 2.47. The number of anilines is 2. The van der Waals surface area contributed by atoms with Gasteiger partial charge in [-0.1, -0.05) is 39.3 Å². The zero-order valence-electron chi connectivity index (χ0n) is 21.3. The fraction of sp³-hybridized carbons (Fsp3) is 0.346. The SMILES string of the molecule is CC.CCCc1nc(-c2nc(N)c3c(n2)NC(=O)C3(C)c2ccc(OC(C)(F)F)cc2)cn2ccnc12. The van der Waals surface area contributed by atoms with Crippen LogP contribution in [0.4, 0.5) is 20.4 Å². The Labute approximate surface area is 213 Å². The van der Waals surface area contributed by atoms with Crippen molar-refractivity contribution in [2.75, 3.05) is 11.1 Å². The first kappa shape index (κ1) is 25.9. The average molecular weight is 510 g/mol. The second-order valence-corrected chi connectivity index (χ2v) is 8.65. The number of imidazole rings is 1. The Bertz CT molecular complexity index is 1450. The van der Waals surface area contributed by atoms with Gasteiger partial charge in [0, 0.05) is 25.5 Å². The lowest BCUT2D eigenvalue weighted by atomic mass is 9.78. The van der Waals surface area contributed by atoms with Crippen molar-refractivity contribution in [1.82, 2.24) is 24.3 Å². The molecule has 5 rings (SSSR count). The normalized spacial score (nSPS) is 16.7. The largest absolute Gasteiger partial charge is 0.433 e. The van der Waals surface area contributed by atoms with Crippen LogP contribution in [0.15, 0.2) is 42.9 Å². The molecule has 0 saturated heterocycles. The molecule has 3 aromatic heterocycles. The summed E-state index contributed by atoms with van der Waals surface area (Å²) < 4.78 is 32.8. The Hall–Kier alpha value is -4.15. The molecule has 1 aliphatic rings. The minimum absolute atomic E-state index is 0.0214. The molecule has 11 heteroatoms. The third-order valence-electron chi connectivity index (χ3n) is 6.01. The molecule has 9 nitrogen and oxygen atoms in total. The zero-order valence-corrected chi connectivity index (χ0v) is 21.3. The van der Waals surface area contributed by atoms with E-state index in [0.29, 0.717) is 23.7 Å². The number of hydrogen-bond acceptors (Lipinski definition) is 7. The molecular formula is C26H29F2N7O2. The Morgan fingerprint density at radius 2 is 1.86 bits per heavy atom. The van der Waals surface area contributed by atoms with Crippen molar-refractivity contribution in [3.8, 4) is 17.3 Å². The smallest absolute Gasteiger partial charge is 0.394 e. The molecule has 4 heterocycles. The molecule has 0 bridgehead atoms. The lowest BCUT2D eigenvalue weighted by molar-refractivity contribution is -0.159. The van der Waals surface area contributed by atoms with E-state index in [1.807, 2.05) is 24.4 Å². The van der Waals surface area contributed by atoms with E-state index in [0.717, 1.165) is 24.2 Å². The van der Waals surface area contributed by atoms with E-state index >= 15 is 0 Å². The van der Waals surface area contributed by atoms with Crippen molar-refractivity contribution in [3.63, 3.8) is 0 Å². The number of aryl methyl sites for hydroxylation is 1. The second-order valence-electron chi connectivity index (χ2n) is 8.65. The van der Waals surface area contributed by atoms with Gasteiger partial charge in [-0.3, -0.25) is 4.79 Å². The van der Waals surface area contributed by atoms with Crippen LogP contribution in [0.2, 0.25) is 0 Å². The Morgan fingerprint density at radius 3 is 2.51 bits per heavy atom. The summed E-state index contributed by atoms with van der Waals surface area (Å²) in [5, 5.41) is 2.79. The first-order valence-corrected chi connectivity index (χ1v) is 12.1. The van der Waals surface area contributed by atoms with Gasteiger partial charge >= 0.3 is 6.11 Å². The van der Waals surface area contributed by atoms with E-state index in [4.69, 9.17) is 10.7 Å². The number of carbonyl (C=O) groups is 1. The van der Waals surface area contributed by atoms with Crippen LogP contribution >= 0.6 is 0 Å². The first-order chi connectivity index (χ1) is 17.6. The van der Waals surface area contributed by atoms with Crippen LogP contribution in [0.1, 0.15) is 57.9 Å². The maximum absolute atomic E-state index is 13.2. The van der Waals surface area contributed by atoms with Gasteiger partial charge in [-0.15, -0.1) is 0 Å². The highest BCUT2D eigenvalue weighted by atomic mass is 19.3. The molecule has 1 aromatic carbocycles. The first-order valence-electron chi connectivity index (χ1n) is 12.1. The topological polar surface area (TPSA) is 120 Å². The molecule has 0 aliphatic carbocycles. The monoisotopic (exact) mass is 509 g/mol. The van der Waals surface area contributed by atoms with Gasteiger partial charge in [-0.05, 0) is 31.0 Å². The number of benzene rings is 1. The van der Waals surface area contributed by atoms with Crippen LogP contribution in [0.25, 0.3) is 17.2 Å². The van der Waals surface area contributed by atoms with E-state index in [2.05, 4.69) is 31.9 Å². The van der Waals surface area contributed by atoms with E-state index in [1.165, 1.54) is 12.1 Å². The van der Waals surface area contributed by atoms with E-state index in [-0.39, 0.29) is 29.1 Å². The van der Waals surface area contributed by atoms with Crippen molar-refractivity contribution in [2.45, 2.75) is 59.0 Å². The van der Waals surface area contributed by atoms with Gasteiger partial charge in [0.15, 0.2) is 11.5 Å². The third kappa shape index (κ3) is 4.68. The van der Waals surface area contributed by atoms with Gasteiger partial charge in [0.2, 0.25) is 5.91 Å². The second kappa shape index (κ2) is 9.72. The Balaban J connectivity index is 0.00000156. The van der Waals surface area contributed by atoms with Crippen LogP contribution in [0.5, 0.6) is 5.75 Å². The number of nitrogens with zero attached hydrogens (tertiary/aromatic N) is 5. The van der Waals surface area contributed by atoms with E-state index in [9.17, 15) is 13.6 Å². The van der Waals surface area contributed by atoms with Gasteiger partial charge in [0.1, 0.15) is 28.5 Å². The highest BCUT2D eigenvalue weighted by Crippen LogP contribution is 2.45. The summed E-state index contributed by atoms with van der Waals surface area (Å²) in [6.07, 6.45) is 3.58. The number of fused-ring (bicyclic) bond motifs is 2. The molecule has 1 atom stereocenters. The molecule has 37 heavy (non-hydrogen) atoms. The molecule has 1 unspecified atom stereocenters. The Morgan fingerprint density at radius 1 is 1.16 bits per heavy atom. The molecule has 194 valence electrons. The molecule has 0 fully saturated rings. The third-order valence-corrected chi connectivity index (χ3v) is 6.01. The van der Waals surface area contributed by atoms with Crippen LogP contribution in [-0.4, -0.2) is 36.4 Å². The predicted octanol–water partition coefficient (Wildman–Crippen LogP) is 5.00. The molecule has 0 saturated carbocycles. The molecular weight excluding hydrogens is 480 g/mol. The summed E-state index contributed by atoms with van der Waals surface area (Å²) in [5.41, 5.74) is 8.17. The number of halogens is 2. The number of rotatable bonds is 6. The zero-order chi connectivity index (χ0) is 27.0. The predicted molar refractivity (Wildman–Crippen MR) is 137 cm³/mol. The summed E-state index contributed by atoms with van der Waals surface area (Å²) >= 11 is 0. The van der Waals surface area contributed by atoms with E-state index in [1.54, 1.807) is 31.5 Å². The van der Waals surface area contributed by atoms with Crippen LogP contribution in [0.3, 0.4) is 0 Å². The summed E-state index contributed by atoms with van der Waals surface area (Å²) in [4.78, 5) is 31.3. The number of carbonyl (C=O) groups excluding carboxylic acids is 1. The van der Waals surface area contributed by atoms with Gasteiger partial charge in [0.05, 0.1) is 11.3 Å². The number of ether oxygens (including phenoxy) is 1. The lowest BCUT2D eigenvalue weighted by Crippen LogP contribution is -2.33. The van der Waals surface area contributed by atoms with Crippen molar-refractivity contribution < 1.29 is 18.3 Å². The van der Waals surface area contributed by atoms with E-state index < -0.39 is 11.5 Å². The number of aromatic nitrogens is 5. The van der Waals surface area contributed by atoms with Crippen molar-refractivity contribution >= 4 is 23.2 Å². The Kier molecular flexibility index (Phi) is 6.81. The average Bonchev–Trinajstić information content (AvgIpc) is 3.43. The number of alkyl halides is 2. The lowest BCUT2D eigenvalue weighted by Gasteiger charge is -2.24. The molecule has 1 amide bonds. The fourth-order valence-electron chi connectivity index (χ4n) is 4.37. The van der Waals surface area contributed by atoms with Crippen LogP contribution in [-0.2, 0) is 16.6 Å². The van der Waals surface area contributed by atoms with Gasteiger partial charge in [-0.2, -0.15) is 8.78 Å².